The second-order valence-electron chi connectivity index (χ2n) is 4.88. The van der Waals surface area contributed by atoms with Crippen LogP contribution in [0.5, 0.6) is 0 Å². The number of anilines is 1. The van der Waals surface area contributed by atoms with Gasteiger partial charge in [0.2, 0.25) is 0 Å². The molecule has 1 N–H and O–H groups in total. The SMILES string of the molecule is CC(=O)c1ccc(NC(=O)COC(=O)c2ccc(Cl)cc2F)cc1. The fourth-order valence-electron chi connectivity index (χ4n) is 1.85. The zero-order valence-electron chi connectivity index (χ0n) is 12.6. The molecule has 0 aliphatic carbocycles. The summed E-state index contributed by atoms with van der Waals surface area (Å²) in [4.78, 5) is 34.6. The van der Waals surface area contributed by atoms with Gasteiger partial charge in [-0.3, -0.25) is 9.59 Å². The summed E-state index contributed by atoms with van der Waals surface area (Å²) in [5.41, 5.74) is 0.648. The van der Waals surface area contributed by atoms with E-state index in [-0.39, 0.29) is 16.4 Å². The van der Waals surface area contributed by atoms with Gasteiger partial charge in [0.15, 0.2) is 12.4 Å². The van der Waals surface area contributed by atoms with Crippen LogP contribution in [0.3, 0.4) is 0 Å². The van der Waals surface area contributed by atoms with Crippen molar-refractivity contribution in [3.63, 3.8) is 0 Å². The van der Waals surface area contributed by atoms with Gasteiger partial charge < -0.3 is 10.1 Å². The minimum atomic E-state index is -0.966. The Morgan fingerprint density at radius 1 is 1.12 bits per heavy atom. The highest BCUT2D eigenvalue weighted by Gasteiger charge is 2.15. The Kier molecular flexibility index (Phi) is 5.65. The second-order valence-corrected chi connectivity index (χ2v) is 5.32. The van der Waals surface area contributed by atoms with Crippen molar-refractivity contribution in [3.8, 4) is 0 Å². The normalized spacial score (nSPS) is 10.1. The average molecular weight is 350 g/mol. The molecule has 2 aromatic carbocycles. The highest BCUT2D eigenvalue weighted by Crippen LogP contribution is 2.15. The van der Waals surface area contributed by atoms with Gasteiger partial charge in [-0.25, -0.2) is 9.18 Å². The van der Waals surface area contributed by atoms with Gasteiger partial charge in [0, 0.05) is 16.3 Å². The second kappa shape index (κ2) is 7.70. The van der Waals surface area contributed by atoms with Gasteiger partial charge in [-0.15, -0.1) is 0 Å². The molecule has 0 atom stereocenters. The van der Waals surface area contributed by atoms with Crippen LogP contribution in [0, 0.1) is 5.82 Å². The molecule has 0 aliphatic rings. The van der Waals surface area contributed by atoms with Crippen molar-refractivity contribution in [2.75, 3.05) is 11.9 Å². The number of rotatable bonds is 5. The topological polar surface area (TPSA) is 72.5 Å². The summed E-state index contributed by atoms with van der Waals surface area (Å²) in [7, 11) is 0. The minimum absolute atomic E-state index is 0.0909. The summed E-state index contributed by atoms with van der Waals surface area (Å²) in [6.45, 7) is 0.859. The molecule has 124 valence electrons. The van der Waals surface area contributed by atoms with E-state index in [9.17, 15) is 18.8 Å². The number of amides is 1. The van der Waals surface area contributed by atoms with Crippen molar-refractivity contribution in [1.29, 1.82) is 0 Å². The van der Waals surface area contributed by atoms with E-state index >= 15 is 0 Å². The van der Waals surface area contributed by atoms with E-state index in [1.165, 1.54) is 19.1 Å². The zero-order chi connectivity index (χ0) is 17.7. The Morgan fingerprint density at radius 2 is 1.79 bits per heavy atom. The van der Waals surface area contributed by atoms with Crippen molar-refractivity contribution >= 4 is 34.9 Å². The fourth-order valence-corrected chi connectivity index (χ4v) is 2.01. The third-order valence-electron chi connectivity index (χ3n) is 3.06. The monoisotopic (exact) mass is 349 g/mol. The summed E-state index contributed by atoms with van der Waals surface area (Å²) < 4.78 is 18.3. The van der Waals surface area contributed by atoms with E-state index in [0.717, 1.165) is 6.07 Å². The molecule has 0 aliphatic heterocycles. The number of halogens is 2. The maximum atomic E-state index is 13.6. The van der Waals surface area contributed by atoms with Crippen LogP contribution in [0.15, 0.2) is 42.5 Å². The number of ketones is 1. The first-order valence-corrected chi connectivity index (χ1v) is 7.27. The average Bonchev–Trinajstić information content (AvgIpc) is 2.53. The Balaban J connectivity index is 1.90. The lowest BCUT2D eigenvalue weighted by atomic mass is 10.1. The molecule has 0 unspecified atom stereocenters. The number of hydrogen-bond donors (Lipinski definition) is 1. The maximum absolute atomic E-state index is 13.6. The molecule has 0 heterocycles. The Morgan fingerprint density at radius 3 is 2.38 bits per heavy atom. The molecular weight excluding hydrogens is 337 g/mol. The van der Waals surface area contributed by atoms with Gasteiger partial charge in [-0.05, 0) is 49.4 Å². The summed E-state index contributed by atoms with van der Waals surface area (Å²) in [6.07, 6.45) is 0. The molecule has 0 aromatic heterocycles. The number of carbonyl (C=O) groups is 3. The fraction of sp³-hybridized carbons (Fsp3) is 0.118. The largest absolute Gasteiger partial charge is 0.452 e. The molecule has 24 heavy (non-hydrogen) atoms. The van der Waals surface area contributed by atoms with Gasteiger partial charge in [-0.1, -0.05) is 11.6 Å². The smallest absolute Gasteiger partial charge is 0.341 e. The summed E-state index contributed by atoms with van der Waals surface area (Å²) in [5.74, 6) is -2.47. The van der Waals surface area contributed by atoms with Crippen molar-refractivity contribution in [1.82, 2.24) is 0 Å². The van der Waals surface area contributed by atoms with Crippen LogP contribution in [-0.2, 0) is 9.53 Å². The van der Waals surface area contributed by atoms with Crippen LogP contribution in [-0.4, -0.2) is 24.3 Å². The quantitative estimate of drug-likeness (QED) is 0.662. The molecule has 0 radical (unpaired) electrons. The van der Waals surface area contributed by atoms with Crippen molar-refractivity contribution in [2.24, 2.45) is 0 Å². The third-order valence-corrected chi connectivity index (χ3v) is 3.30. The van der Waals surface area contributed by atoms with Gasteiger partial charge in [-0.2, -0.15) is 0 Å². The number of esters is 1. The van der Waals surface area contributed by atoms with Crippen molar-refractivity contribution in [2.45, 2.75) is 6.92 Å². The van der Waals surface area contributed by atoms with Crippen LogP contribution >= 0.6 is 11.6 Å². The number of carbonyl (C=O) groups excluding carboxylic acids is 3. The summed E-state index contributed by atoms with van der Waals surface area (Å²) in [6, 6.07) is 9.73. The summed E-state index contributed by atoms with van der Waals surface area (Å²) >= 11 is 5.59. The number of Topliss-reactive ketones (excluding diaryl/α,β-unsaturated/α-hetero) is 1. The van der Waals surface area contributed by atoms with Crippen molar-refractivity contribution in [3.05, 3.63) is 64.4 Å². The number of benzene rings is 2. The first kappa shape index (κ1) is 17.6. The summed E-state index contributed by atoms with van der Waals surface area (Å²) in [5, 5.41) is 2.65. The third kappa shape index (κ3) is 4.63. The molecule has 0 saturated heterocycles. The molecule has 0 saturated carbocycles. The molecule has 5 nitrogen and oxygen atoms in total. The molecule has 0 spiro atoms. The molecule has 0 bridgehead atoms. The molecule has 2 aromatic rings. The van der Waals surface area contributed by atoms with E-state index in [4.69, 9.17) is 16.3 Å². The maximum Gasteiger partial charge on any atom is 0.341 e. The Labute approximate surface area is 142 Å². The van der Waals surface area contributed by atoms with Crippen LogP contribution in [0.1, 0.15) is 27.6 Å². The predicted molar refractivity (Wildman–Crippen MR) is 86.8 cm³/mol. The molecule has 0 fully saturated rings. The van der Waals surface area contributed by atoms with Gasteiger partial charge in [0.1, 0.15) is 5.82 Å². The minimum Gasteiger partial charge on any atom is -0.452 e. The number of ether oxygens (including phenoxy) is 1. The van der Waals surface area contributed by atoms with Crippen molar-refractivity contribution < 1.29 is 23.5 Å². The number of hydrogen-bond acceptors (Lipinski definition) is 4. The Hall–Kier alpha value is -2.73. The molecule has 7 heteroatoms. The highest BCUT2D eigenvalue weighted by molar-refractivity contribution is 6.30. The zero-order valence-corrected chi connectivity index (χ0v) is 13.4. The Bertz CT molecular complexity index is 790. The lowest BCUT2D eigenvalue weighted by Gasteiger charge is -2.07. The molecule has 1 amide bonds. The standard InChI is InChI=1S/C17H13ClFNO4/c1-10(21)11-2-5-13(6-3-11)20-16(22)9-24-17(23)14-7-4-12(18)8-15(14)19/h2-8H,9H2,1H3,(H,20,22). The van der Waals surface area contributed by atoms with Gasteiger partial charge >= 0.3 is 5.97 Å². The lowest BCUT2D eigenvalue weighted by Crippen LogP contribution is -2.21. The van der Waals surface area contributed by atoms with E-state index in [1.54, 1.807) is 24.3 Å². The van der Waals surface area contributed by atoms with Crippen LogP contribution in [0.4, 0.5) is 10.1 Å². The first-order chi connectivity index (χ1) is 11.4. The van der Waals surface area contributed by atoms with E-state index < -0.39 is 24.3 Å². The lowest BCUT2D eigenvalue weighted by molar-refractivity contribution is -0.119. The van der Waals surface area contributed by atoms with Crippen LogP contribution < -0.4 is 5.32 Å². The first-order valence-electron chi connectivity index (χ1n) is 6.90. The van der Waals surface area contributed by atoms with Gasteiger partial charge in [0.05, 0.1) is 5.56 Å². The van der Waals surface area contributed by atoms with E-state index in [1.807, 2.05) is 0 Å². The highest BCUT2D eigenvalue weighted by atomic mass is 35.5. The predicted octanol–water partition coefficient (Wildman–Crippen LogP) is 3.48. The molecular formula is C17H13ClFNO4. The van der Waals surface area contributed by atoms with E-state index in [2.05, 4.69) is 5.32 Å². The number of nitrogens with one attached hydrogen (secondary N) is 1. The van der Waals surface area contributed by atoms with E-state index in [0.29, 0.717) is 11.3 Å². The van der Waals surface area contributed by atoms with Gasteiger partial charge in [0.25, 0.3) is 5.91 Å². The molecule has 2 rings (SSSR count). The van der Waals surface area contributed by atoms with Crippen LogP contribution in [0.25, 0.3) is 0 Å². The van der Waals surface area contributed by atoms with Crippen LogP contribution in [0.2, 0.25) is 5.02 Å².